The van der Waals surface area contributed by atoms with Crippen LogP contribution in [0.15, 0.2) is 72.2 Å². The number of rotatable bonds is 7. The van der Waals surface area contributed by atoms with E-state index in [1.54, 1.807) is 12.1 Å². The van der Waals surface area contributed by atoms with Gasteiger partial charge >= 0.3 is 19.2 Å². The molecule has 3 aromatic rings. The van der Waals surface area contributed by atoms with Gasteiger partial charge in [-0.2, -0.15) is 0 Å². The van der Waals surface area contributed by atoms with Gasteiger partial charge in [0.2, 0.25) is 0 Å². The van der Waals surface area contributed by atoms with E-state index in [4.69, 9.17) is 18.8 Å². The van der Waals surface area contributed by atoms with Gasteiger partial charge in [0.1, 0.15) is 17.9 Å². The maximum atomic E-state index is 12.9. The van der Waals surface area contributed by atoms with E-state index in [9.17, 15) is 14.7 Å². The van der Waals surface area contributed by atoms with E-state index < -0.39 is 30.4 Å². The number of fused-ring (bicyclic) bond motifs is 3. The number of phenolic OH excluding ortho intramolecular Hbond substituents is 1. The second-order valence-electron chi connectivity index (χ2n) is 11.3. The second-order valence-corrected chi connectivity index (χ2v) is 11.3. The molecule has 1 amide bonds. The van der Waals surface area contributed by atoms with Gasteiger partial charge in [-0.05, 0) is 73.1 Å². The van der Waals surface area contributed by atoms with Crippen molar-refractivity contribution in [2.45, 2.75) is 44.8 Å². The Morgan fingerprint density at radius 1 is 0.951 bits per heavy atom. The fourth-order valence-corrected chi connectivity index (χ4v) is 5.15. The van der Waals surface area contributed by atoms with Crippen LogP contribution in [0.25, 0.3) is 17.2 Å². The molecule has 0 bridgehead atoms. The van der Waals surface area contributed by atoms with E-state index in [1.807, 2.05) is 52.0 Å². The average molecular weight is 555 g/mol. The topological polar surface area (TPSA) is 103 Å². The van der Waals surface area contributed by atoms with Crippen LogP contribution in [-0.2, 0) is 18.8 Å². The quantitative estimate of drug-likeness (QED) is 0.284. The Morgan fingerprint density at radius 2 is 1.54 bits per heavy atom. The molecule has 2 N–H and O–H groups in total. The average Bonchev–Trinajstić information content (AvgIpc) is 3.39. The summed E-state index contributed by atoms with van der Waals surface area (Å²) in [5.41, 5.74) is 4.60. The predicted octanol–water partition coefficient (Wildman–Crippen LogP) is 5.73. The highest BCUT2D eigenvalue weighted by atomic mass is 16.7. The Labute approximate surface area is 240 Å². The summed E-state index contributed by atoms with van der Waals surface area (Å²) in [5, 5.41) is 13.0. The summed E-state index contributed by atoms with van der Waals surface area (Å²) in [6.45, 7) is 8.04. The smallest absolute Gasteiger partial charge is 0.492 e. The van der Waals surface area contributed by atoms with Crippen molar-refractivity contribution in [3.05, 3.63) is 94.5 Å². The maximum absolute atomic E-state index is 12.9. The highest BCUT2D eigenvalue weighted by Crippen LogP contribution is 2.44. The van der Waals surface area contributed by atoms with Crippen molar-refractivity contribution in [3.8, 4) is 16.9 Å². The van der Waals surface area contributed by atoms with Crippen molar-refractivity contribution in [2.75, 3.05) is 20.3 Å². The second kappa shape index (κ2) is 11.1. The van der Waals surface area contributed by atoms with Gasteiger partial charge < -0.3 is 29.2 Å². The lowest BCUT2D eigenvalue weighted by atomic mass is 9.77. The molecule has 3 aromatic carbocycles. The number of phenols is 1. The molecule has 1 heterocycles. The van der Waals surface area contributed by atoms with Gasteiger partial charge in [-0.15, -0.1) is 0 Å². The van der Waals surface area contributed by atoms with Crippen LogP contribution in [0.4, 0.5) is 4.79 Å². The third-order valence-electron chi connectivity index (χ3n) is 8.11. The van der Waals surface area contributed by atoms with E-state index >= 15 is 0 Å². The van der Waals surface area contributed by atoms with Crippen molar-refractivity contribution < 1.29 is 33.5 Å². The van der Waals surface area contributed by atoms with Gasteiger partial charge in [-0.1, -0.05) is 60.7 Å². The number of ether oxygens (including phenoxy) is 2. The van der Waals surface area contributed by atoms with Gasteiger partial charge in [0.25, 0.3) is 0 Å². The Balaban J connectivity index is 1.33. The molecular formula is C32H34BNO7. The molecule has 0 saturated carbocycles. The lowest BCUT2D eigenvalue weighted by Crippen LogP contribution is -2.41. The van der Waals surface area contributed by atoms with Crippen molar-refractivity contribution in [1.82, 2.24) is 5.32 Å². The first kappa shape index (κ1) is 28.5. The monoisotopic (exact) mass is 555 g/mol. The molecule has 0 radical (unpaired) electrons. The summed E-state index contributed by atoms with van der Waals surface area (Å²) in [6, 6.07) is 20.9. The molecule has 5 rings (SSSR count). The number of alkyl carbamates (subject to hydrolysis) is 1. The zero-order chi connectivity index (χ0) is 29.4. The van der Waals surface area contributed by atoms with Crippen LogP contribution < -0.4 is 5.32 Å². The number of carbonyl (C=O) groups is 2. The highest BCUT2D eigenvalue weighted by Gasteiger charge is 2.52. The number of esters is 1. The molecule has 212 valence electrons. The van der Waals surface area contributed by atoms with E-state index in [0.29, 0.717) is 11.0 Å². The molecule has 2 aliphatic rings. The lowest BCUT2D eigenvalue weighted by Gasteiger charge is -2.32. The summed E-state index contributed by atoms with van der Waals surface area (Å²) >= 11 is 0. The number of benzene rings is 3. The molecule has 9 heteroatoms. The number of nitrogens with one attached hydrogen (secondary N) is 1. The summed E-state index contributed by atoms with van der Waals surface area (Å²) in [5.74, 6) is -0.908. The first-order chi connectivity index (χ1) is 19.5. The molecule has 8 nitrogen and oxygen atoms in total. The zero-order valence-corrected chi connectivity index (χ0v) is 23.9. The number of carbonyl (C=O) groups excluding carboxylic acids is 2. The fourth-order valence-electron chi connectivity index (χ4n) is 5.15. The Hall–Kier alpha value is -4.08. The van der Waals surface area contributed by atoms with E-state index in [2.05, 4.69) is 29.6 Å². The van der Waals surface area contributed by atoms with E-state index in [-0.39, 0.29) is 30.4 Å². The van der Waals surface area contributed by atoms with Gasteiger partial charge in [0, 0.05) is 12.5 Å². The zero-order valence-electron chi connectivity index (χ0n) is 23.9. The Kier molecular flexibility index (Phi) is 7.68. The van der Waals surface area contributed by atoms with Crippen molar-refractivity contribution in [2.24, 2.45) is 0 Å². The minimum absolute atomic E-state index is 0.0269. The van der Waals surface area contributed by atoms with Crippen LogP contribution >= 0.6 is 0 Å². The van der Waals surface area contributed by atoms with E-state index in [0.717, 1.165) is 22.3 Å². The molecule has 0 aromatic heterocycles. The third-order valence-corrected chi connectivity index (χ3v) is 8.11. The summed E-state index contributed by atoms with van der Waals surface area (Å²) in [4.78, 5) is 25.1. The third kappa shape index (κ3) is 5.60. The number of methoxy groups -OCH3 is 1. The van der Waals surface area contributed by atoms with E-state index in [1.165, 1.54) is 19.2 Å². The summed E-state index contributed by atoms with van der Waals surface area (Å²) in [6.07, 6.45) is 1.19. The standard InChI is InChI=1S/C32H34BNO7/c1-31(2)32(3,4)41-33(40-31)21(16-20-14-15-28(35)26(17-20)29(36)38-5)18-34-30(37)39-19-27-24-12-8-6-10-22(24)23-11-7-9-13-25(23)27/h6-17,27,35H,18-19H2,1-5H3,(H,34,37). The van der Waals surface area contributed by atoms with Gasteiger partial charge in [0.05, 0.1) is 18.3 Å². The summed E-state index contributed by atoms with van der Waals surface area (Å²) < 4.78 is 23.0. The fraction of sp³-hybridized carbons (Fsp3) is 0.312. The van der Waals surface area contributed by atoms with Crippen LogP contribution in [0, 0.1) is 0 Å². The van der Waals surface area contributed by atoms with Crippen LogP contribution in [0.5, 0.6) is 5.75 Å². The molecule has 0 spiro atoms. The number of amides is 1. The molecule has 1 fully saturated rings. The normalized spacial score (nSPS) is 17.1. The largest absolute Gasteiger partial charge is 0.507 e. The Bertz CT molecular complexity index is 1450. The van der Waals surface area contributed by atoms with Crippen molar-refractivity contribution in [3.63, 3.8) is 0 Å². The van der Waals surface area contributed by atoms with Crippen LogP contribution in [0.1, 0.15) is 60.7 Å². The SMILES string of the molecule is COC(=O)c1cc(C=C(CNC(=O)OCC2c3ccccc3-c3ccccc32)B2OC(C)(C)C(C)(C)O2)ccc1O. The molecule has 0 atom stereocenters. The molecule has 1 aliphatic carbocycles. The first-order valence-electron chi connectivity index (χ1n) is 13.6. The van der Waals surface area contributed by atoms with Gasteiger partial charge in [0.15, 0.2) is 0 Å². The highest BCUT2D eigenvalue weighted by molar-refractivity contribution is 6.56. The molecule has 41 heavy (non-hydrogen) atoms. The van der Waals surface area contributed by atoms with Crippen LogP contribution in [-0.4, -0.2) is 55.8 Å². The molecule has 0 unspecified atom stereocenters. The molecular weight excluding hydrogens is 521 g/mol. The number of hydrogen-bond donors (Lipinski definition) is 2. The van der Waals surface area contributed by atoms with Crippen molar-refractivity contribution in [1.29, 1.82) is 0 Å². The van der Waals surface area contributed by atoms with Crippen LogP contribution in [0.2, 0.25) is 0 Å². The number of aromatic hydroxyl groups is 1. The Morgan fingerprint density at radius 3 is 2.12 bits per heavy atom. The van der Waals surface area contributed by atoms with Gasteiger partial charge in [-0.3, -0.25) is 0 Å². The maximum Gasteiger partial charge on any atom is 0.492 e. The molecule has 1 saturated heterocycles. The molecule has 1 aliphatic heterocycles. The minimum atomic E-state index is -0.760. The van der Waals surface area contributed by atoms with Crippen molar-refractivity contribution >= 4 is 25.3 Å². The minimum Gasteiger partial charge on any atom is -0.507 e. The summed E-state index contributed by atoms with van der Waals surface area (Å²) in [7, 11) is 0.488. The predicted molar refractivity (Wildman–Crippen MR) is 157 cm³/mol. The van der Waals surface area contributed by atoms with Crippen LogP contribution in [0.3, 0.4) is 0 Å². The lowest BCUT2D eigenvalue weighted by molar-refractivity contribution is 0.00578. The first-order valence-corrected chi connectivity index (χ1v) is 13.6. The van der Waals surface area contributed by atoms with Gasteiger partial charge in [-0.25, -0.2) is 9.59 Å². The number of hydrogen-bond acceptors (Lipinski definition) is 7.